The lowest BCUT2D eigenvalue weighted by atomic mass is 10.2. The van der Waals surface area contributed by atoms with Crippen molar-refractivity contribution in [1.82, 2.24) is 14.9 Å². The molecule has 0 N–H and O–H groups in total. The molecule has 5 heteroatoms. The van der Waals surface area contributed by atoms with Crippen LogP contribution in [0, 0.1) is 0 Å². The van der Waals surface area contributed by atoms with Gasteiger partial charge in [0.25, 0.3) is 0 Å². The zero-order chi connectivity index (χ0) is 12.8. The van der Waals surface area contributed by atoms with Crippen LogP contribution in [0.1, 0.15) is 19.4 Å². The Balaban J connectivity index is 2.08. The van der Waals surface area contributed by atoms with Crippen LogP contribution in [0.2, 0.25) is 0 Å². The average Bonchev–Trinajstić information content (AvgIpc) is 2.92. The molecule has 1 aromatic carbocycles. The van der Waals surface area contributed by atoms with E-state index in [2.05, 4.69) is 58.3 Å². The molecule has 0 saturated heterocycles. The molecule has 0 atom stereocenters. The zero-order valence-corrected chi connectivity index (χ0v) is 10.7. The molecule has 1 heterocycles. The van der Waals surface area contributed by atoms with Crippen LogP contribution in [0.15, 0.2) is 42.0 Å². The van der Waals surface area contributed by atoms with Crippen LogP contribution in [0.3, 0.4) is 0 Å². The molecule has 94 valence electrons. The van der Waals surface area contributed by atoms with Crippen LogP contribution in [0.25, 0.3) is 0 Å². The van der Waals surface area contributed by atoms with Crippen molar-refractivity contribution in [3.8, 4) is 0 Å². The minimum Gasteiger partial charge on any atom is -0.372 e. The van der Waals surface area contributed by atoms with Crippen molar-refractivity contribution < 1.29 is 0 Å². The van der Waals surface area contributed by atoms with Crippen LogP contribution in [-0.2, 0) is 0 Å². The standard InChI is InChI=1S/C13H17N5/c1-3-17(4-2)13-7-5-12(6-8-13)9-16-18-10-14-15-11-18/h5-11H,3-4H2,1-2H3. The summed E-state index contributed by atoms with van der Waals surface area (Å²) in [6.45, 7) is 6.35. The number of hydrogen-bond acceptors (Lipinski definition) is 4. The van der Waals surface area contributed by atoms with Crippen LogP contribution in [0.4, 0.5) is 5.69 Å². The van der Waals surface area contributed by atoms with Gasteiger partial charge in [0.1, 0.15) is 12.7 Å². The summed E-state index contributed by atoms with van der Waals surface area (Å²) < 4.78 is 1.57. The lowest BCUT2D eigenvalue weighted by molar-refractivity contribution is 0.866. The molecule has 0 unspecified atom stereocenters. The van der Waals surface area contributed by atoms with E-state index in [-0.39, 0.29) is 0 Å². The van der Waals surface area contributed by atoms with Gasteiger partial charge in [0.15, 0.2) is 0 Å². The highest BCUT2D eigenvalue weighted by molar-refractivity contribution is 5.80. The lowest BCUT2D eigenvalue weighted by Gasteiger charge is -2.20. The Labute approximate surface area is 107 Å². The van der Waals surface area contributed by atoms with Gasteiger partial charge in [-0.15, -0.1) is 10.2 Å². The predicted molar refractivity (Wildman–Crippen MR) is 73.0 cm³/mol. The van der Waals surface area contributed by atoms with E-state index >= 15 is 0 Å². The number of hydrogen-bond donors (Lipinski definition) is 0. The third-order valence-corrected chi connectivity index (χ3v) is 2.77. The van der Waals surface area contributed by atoms with E-state index in [4.69, 9.17) is 0 Å². The molecule has 0 bridgehead atoms. The molecular formula is C13H17N5. The SMILES string of the molecule is CCN(CC)c1ccc(C=Nn2cnnc2)cc1. The van der Waals surface area contributed by atoms with Gasteiger partial charge in [0, 0.05) is 18.8 Å². The molecule has 0 spiro atoms. The Kier molecular flexibility index (Phi) is 4.06. The van der Waals surface area contributed by atoms with E-state index in [1.165, 1.54) is 5.69 Å². The molecule has 2 rings (SSSR count). The predicted octanol–water partition coefficient (Wildman–Crippen LogP) is 2.01. The van der Waals surface area contributed by atoms with Gasteiger partial charge in [0.2, 0.25) is 0 Å². The first kappa shape index (κ1) is 12.3. The van der Waals surface area contributed by atoms with Gasteiger partial charge in [-0.05, 0) is 31.5 Å². The zero-order valence-electron chi connectivity index (χ0n) is 10.7. The van der Waals surface area contributed by atoms with Gasteiger partial charge in [0.05, 0.1) is 6.21 Å². The van der Waals surface area contributed by atoms with Gasteiger partial charge < -0.3 is 4.90 Å². The third kappa shape index (κ3) is 2.94. The van der Waals surface area contributed by atoms with E-state index in [0.29, 0.717) is 0 Å². The van der Waals surface area contributed by atoms with Gasteiger partial charge in [-0.25, -0.2) is 4.68 Å². The molecule has 0 aliphatic rings. The first-order valence-corrected chi connectivity index (χ1v) is 6.07. The summed E-state index contributed by atoms with van der Waals surface area (Å²) >= 11 is 0. The smallest absolute Gasteiger partial charge is 0.141 e. The van der Waals surface area contributed by atoms with Crippen molar-refractivity contribution in [2.24, 2.45) is 5.10 Å². The molecule has 0 fully saturated rings. The highest BCUT2D eigenvalue weighted by Crippen LogP contribution is 2.13. The minimum absolute atomic E-state index is 1.02. The maximum absolute atomic E-state index is 4.20. The Hall–Kier alpha value is -2.17. The van der Waals surface area contributed by atoms with Crippen molar-refractivity contribution in [3.05, 3.63) is 42.5 Å². The molecule has 0 aliphatic heterocycles. The fraction of sp³-hybridized carbons (Fsp3) is 0.308. The van der Waals surface area contributed by atoms with Crippen molar-refractivity contribution >= 4 is 11.9 Å². The first-order chi connectivity index (χ1) is 8.83. The molecule has 0 amide bonds. The number of benzene rings is 1. The molecule has 18 heavy (non-hydrogen) atoms. The number of nitrogens with zero attached hydrogens (tertiary/aromatic N) is 5. The summed E-state index contributed by atoms with van der Waals surface area (Å²) in [7, 11) is 0. The van der Waals surface area contributed by atoms with Crippen molar-refractivity contribution in [2.45, 2.75) is 13.8 Å². The number of aromatic nitrogens is 3. The minimum atomic E-state index is 1.02. The van der Waals surface area contributed by atoms with Crippen molar-refractivity contribution in [1.29, 1.82) is 0 Å². The molecule has 0 saturated carbocycles. The summed E-state index contributed by atoms with van der Waals surface area (Å²) in [4.78, 5) is 2.31. The monoisotopic (exact) mass is 243 g/mol. The summed E-state index contributed by atoms with van der Waals surface area (Å²) in [6.07, 6.45) is 4.90. The van der Waals surface area contributed by atoms with E-state index < -0.39 is 0 Å². The van der Waals surface area contributed by atoms with Gasteiger partial charge in [-0.3, -0.25) is 0 Å². The molecule has 1 aromatic heterocycles. The Morgan fingerprint density at radius 3 is 2.28 bits per heavy atom. The van der Waals surface area contributed by atoms with Gasteiger partial charge >= 0.3 is 0 Å². The second-order valence-electron chi connectivity index (χ2n) is 3.85. The maximum Gasteiger partial charge on any atom is 0.141 e. The quantitative estimate of drug-likeness (QED) is 0.755. The Bertz CT molecular complexity index is 483. The second kappa shape index (κ2) is 5.95. The summed E-state index contributed by atoms with van der Waals surface area (Å²) in [5.74, 6) is 0. The molecule has 0 aliphatic carbocycles. The van der Waals surface area contributed by atoms with Crippen LogP contribution in [-0.4, -0.2) is 34.2 Å². The Morgan fingerprint density at radius 1 is 1.11 bits per heavy atom. The molecular weight excluding hydrogens is 226 g/mol. The average molecular weight is 243 g/mol. The van der Waals surface area contributed by atoms with E-state index in [9.17, 15) is 0 Å². The normalized spacial score (nSPS) is 11.0. The topological polar surface area (TPSA) is 46.3 Å². The summed E-state index contributed by atoms with van der Waals surface area (Å²) in [5, 5.41) is 11.6. The van der Waals surface area contributed by atoms with Crippen LogP contribution < -0.4 is 4.90 Å². The molecule has 5 nitrogen and oxygen atoms in total. The van der Waals surface area contributed by atoms with Gasteiger partial charge in [-0.1, -0.05) is 12.1 Å². The summed E-state index contributed by atoms with van der Waals surface area (Å²) in [5.41, 5.74) is 2.29. The highest BCUT2D eigenvalue weighted by Gasteiger charge is 2.00. The number of anilines is 1. The first-order valence-electron chi connectivity index (χ1n) is 6.07. The van der Waals surface area contributed by atoms with E-state index in [0.717, 1.165) is 18.7 Å². The third-order valence-electron chi connectivity index (χ3n) is 2.77. The van der Waals surface area contributed by atoms with Crippen LogP contribution in [0.5, 0.6) is 0 Å². The van der Waals surface area contributed by atoms with E-state index in [1.807, 2.05) is 0 Å². The Morgan fingerprint density at radius 2 is 1.72 bits per heavy atom. The van der Waals surface area contributed by atoms with E-state index in [1.54, 1.807) is 23.5 Å². The van der Waals surface area contributed by atoms with Crippen molar-refractivity contribution in [3.63, 3.8) is 0 Å². The fourth-order valence-corrected chi connectivity index (χ4v) is 1.75. The maximum atomic E-state index is 4.20. The highest BCUT2D eigenvalue weighted by atomic mass is 15.4. The second-order valence-corrected chi connectivity index (χ2v) is 3.85. The molecule has 2 aromatic rings. The molecule has 0 radical (unpaired) electrons. The summed E-state index contributed by atoms with van der Waals surface area (Å²) in [6, 6.07) is 8.34. The van der Waals surface area contributed by atoms with Crippen molar-refractivity contribution in [2.75, 3.05) is 18.0 Å². The lowest BCUT2D eigenvalue weighted by Crippen LogP contribution is -2.21. The largest absolute Gasteiger partial charge is 0.372 e. The van der Waals surface area contributed by atoms with Crippen LogP contribution >= 0.6 is 0 Å². The number of rotatable bonds is 5. The van der Waals surface area contributed by atoms with Gasteiger partial charge in [-0.2, -0.15) is 5.10 Å². The fourth-order valence-electron chi connectivity index (χ4n) is 1.75.